The number of ether oxygens (including phenoxy) is 1. The topological polar surface area (TPSA) is 51.2 Å². The number of fused-ring (bicyclic) bond motifs is 2. The van der Waals surface area contributed by atoms with Crippen LogP contribution in [-0.2, 0) is 6.42 Å². The number of methoxy groups -OCH3 is 1. The van der Waals surface area contributed by atoms with Crippen molar-refractivity contribution < 1.29 is 9.53 Å². The van der Waals surface area contributed by atoms with E-state index in [2.05, 4.69) is 22.4 Å². The summed E-state index contributed by atoms with van der Waals surface area (Å²) in [6.45, 7) is 0. The van der Waals surface area contributed by atoms with Crippen LogP contribution in [0.1, 0.15) is 34.1 Å². The number of hydrogen-bond acceptors (Lipinski definition) is 3. The van der Waals surface area contributed by atoms with Crippen LogP contribution in [0.3, 0.4) is 0 Å². The predicted octanol–water partition coefficient (Wildman–Crippen LogP) is 3.66. The monoisotopic (exact) mass is 318 g/mol. The molecule has 0 spiro atoms. The third-order valence-electron chi connectivity index (χ3n) is 4.57. The molecular formula is C20H18N2O2. The molecule has 0 bridgehead atoms. The van der Waals surface area contributed by atoms with Crippen molar-refractivity contribution in [1.29, 1.82) is 0 Å². The van der Waals surface area contributed by atoms with E-state index in [1.807, 2.05) is 36.4 Å². The number of hydrogen-bond donors (Lipinski definition) is 1. The first-order valence-electron chi connectivity index (χ1n) is 8.08. The van der Waals surface area contributed by atoms with Gasteiger partial charge in [0.25, 0.3) is 5.91 Å². The molecule has 1 amide bonds. The van der Waals surface area contributed by atoms with E-state index < -0.39 is 0 Å². The lowest BCUT2D eigenvalue weighted by molar-refractivity contribution is 0.0931. The second-order valence-electron chi connectivity index (χ2n) is 5.99. The number of carbonyl (C=O) groups is 1. The van der Waals surface area contributed by atoms with Crippen molar-refractivity contribution in [3.8, 4) is 5.75 Å². The van der Waals surface area contributed by atoms with Gasteiger partial charge in [-0.1, -0.05) is 36.4 Å². The molecule has 1 heterocycles. The highest BCUT2D eigenvalue weighted by Gasteiger charge is 2.24. The van der Waals surface area contributed by atoms with Crippen LogP contribution >= 0.6 is 0 Å². The molecule has 4 heteroatoms. The number of para-hydroxylation sites is 1. The number of nitrogens with zero attached hydrogens (tertiary/aromatic N) is 1. The van der Waals surface area contributed by atoms with E-state index in [0.717, 1.165) is 23.7 Å². The number of carbonyl (C=O) groups excluding carboxylic acids is 1. The fraction of sp³-hybridized carbons (Fsp3) is 0.200. The fourth-order valence-electron chi connectivity index (χ4n) is 3.37. The molecular weight excluding hydrogens is 300 g/mol. The second kappa shape index (κ2) is 5.96. The first-order valence-corrected chi connectivity index (χ1v) is 8.08. The Morgan fingerprint density at radius 1 is 1.17 bits per heavy atom. The lowest BCUT2D eigenvalue weighted by Gasteiger charge is -2.15. The number of aromatic nitrogens is 1. The molecule has 120 valence electrons. The number of amides is 1. The Balaban J connectivity index is 1.65. The first-order chi connectivity index (χ1) is 11.8. The summed E-state index contributed by atoms with van der Waals surface area (Å²) in [6.07, 6.45) is 1.92. The average molecular weight is 318 g/mol. The fourth-order valence-corrected chi connectivity index (χ4v) is 3.37. The highest BCUT2D eigenvalue weighted by Crippen LogP contribution is 2.31. The van der Waals surface area contributed by atoms with Gasteiger partial charge in [0.15, 0.2) is 0 Å². The van der Waals surface area contributed by atoms with Gasteiger partial charge in [0.2, 0.25) is 0 Å². The zero-order valence-corrected chi connectivity index (χ0v) is 13.5. The molecule has 1 unspecified atom stereocenters. The Kier molecular flexibility index (Phi) is 3.65. The minimum atomic E-state index is -0.166. The van der Waals surface area contributed by atoms with E-state index in [9.17, 15) is 4.79 Å². The van der Waals surface area contributed by atoms with E-state index in [-0.39, 0.29) is 11.9 Å². The predicted molar refractivity (Wildman–Crippen MR) is 93.3 cm³/mol. The Morgan fingerprint density at radius 3 is 2.83 bits per heavy atom. The normalized spacial score (nSPS) is 16.0. The number of nitrogens with one attached hydrogen (secondary N) is 1. The minimum absolute atomic E-state index is 0.0490. The maximum atomic E-state index is 12.7. The van der Waals surface area contributed by atoms with Crippen LogP contribution in [0.2, 0.25) is 0 Å². The SMILES string of the molecule is COc1cc(C(=O)NC2CCc3ccccc32)nc2ccccc12. The molecule has 1 aromatic heterocycles. The number of pyridine rings is 1. The van der Waals surface area contributed by atoms with Gasteiger partial charge >= 0.3 is 0 Å². The summed E-state index contributed by atoms with van der Waals surface area (Å²) in [6, 6.07) is 17.7. The van der Waals surface area contributed by atoms with Crippen molar-refractivity contribution in [2.75, 3.05) is 7.11 Å². The van der Waals surface area contributed by atoms with Gasteiger partial charge in [-0.05, 0) is 36.1 Å². The third kappa shape index (κ3) is 2.50. The number of benzene rings is 2. The molecule has 24 heavy (non-hydrogen) atoms. The van der Waals surface area contributed by atoms with Gasteiger partial charge in [-0.25, -0.2) is 4.98 Å². The molecule has 0 saturated heterocycles. The van der Waals surface area contributed by atoms with Crippen molar-refractivity contribution in [3.63, 3.8) is 0 Å². The van der Waals surface area contributed by atoms with Gasteiger partial charge in [0, 0.05) is 11.5 Å². The summed E-state index contributed by atoms with van der Waals surface area (Å²) in [5.74, 6) is 0.498. The number of aryl methyl sites for hydroxylation is 1. The first kappa shape index (κ1) is 14.7. The van der Waals surface area contributed by atoms with Gasteiger partial charge in [0.05, 0.1) is 18.7 Å². The summed E-state index contributed by atoms with van der Waals surface area (Å²) in [5.41, 5.74) is 3.66. The van der Waals surface area contributed by atoms with Crippen LogP contribution in [-0.4, -0.2) is 18.0 Å². The Bertz CT molecular complexity index is 920. The zero-order valence-electron chi connectivity index (χ0n) is 13.5. The number of rotatable bonds is 3. The zero-order chi connectivity index (χ0) is 16.5. The van der Waals surface area contributed by atoms with Gasteiger partial charge in [-0.3, -0.25) is 4.79 Å². The van der Waals surface area contributed by atoms with Crippen LogP contribution in [0.4, 0.5) is 0 Å². The van der Waals surface area contributed by atoms with Crippen LogP contribution in [0.25, 0.3) is 10.9 Å². The van der Waals surface area contributed by atoms with Crippen LogP contribution in [0.5, 0.6) is 5.75 Å². The smallest absolute Gasteiger partial charge is 0.270 e. The van der Waals surface area contributed by atoms with Crippen LogP contribution in [0, 0.1) is 0 Å². The Morgan fingerprint density at radius 2 is 1.96 bits per heavy atom. The largest absolute Gasteiger partial charge is 0.496 e. The highest BCUT2D eigenvalue weighted by molar-refractivity contribution is 5.97. The van der Waals surface area contributed by atoms with Crippen LogP contribution < -0.4 is 10.1 Å². The van der Waals surface area contributed by atoms with Gasteiger partial charge in [-0.15, -0.1) is 0 Å². The molecule has 0 radical (unpaired) electrons. The molecule has 0 aliphatic heterocycles. The van der Waals surface area contributed by atoms with Crippen molar-refractivity contribution in [2.24, 2.45) is 0 Å². The van der Waals surface area contributed by atoms with E-state index in [4.69, 9.17) is 4.74 Å². The van der Waals surface area contributed by atoms with Crippen molar-refractivity contribution in [2.45, 2.75) is 18.9 Å². The maximum Gasteiger partial charge on any atom is 0.270 e. The molecule has 4 nitrogen and oxygen atoms in total. The summed E-state index contributed by atoms with van der Waals surface area (Å²) in [5, 5.41) is 4.02. The Labute approximate surface area is 140 Å². The van der Waals surface area contributed by atoms with Crippen molar-refractivity contribution in [1.82, 2.24) is 10.3 Å². The molecule has 1 aliphatic rings. The third-order valence-corrected chi connectivity index (χ3v) is 4.57. The van der Waals surface area contributed by atoms with E-state index in [0.29, 0.717) is 11.4 Å². The molecule has 3 aromatic rings. The molecule has 1 aliphatic carbocycles. The molecule has 2 aromatic carbocycles. The molecule has 1 N–H and O–H groups in total. The quantitative estimate of drug-likeness (QED) is 0.802. The van der Waals surface area contributed by atoms with Crippen molar-refractivity contribution >= 4 is 16.8 Å². The summed E-state index contributed by atoms with van der Waals surface area (Å²) in [7, 11) is 1.61. The summed E-state index contributed by atoms with van der Waals surface area (Å²) < 4.78 is 5.42. The second-order valence-corrected chi connectivity index (χ2v) is 5.99. The average Bonchev–Trinajstić information content (AvgIpc) is 3.03. The van der Waals surface area contributed by atoms with Crippen molar-refractivity contribution in [3.05, 3.63) is 71.4 Å². The van der Waals surface area contributed by atoms with Gasteiger partial charge in [-0.2, -0.15) is 0 Å². The van der Waals surface area contributed by atoms with E-state index in [1.165, 1.54) is 11.1 Å². The maximum absolute atomic E-state index is 12.7. The Hall–Kier alpha value is -2.88. The van der Waals surface area contributed by atoms with E-state index in [1.54, 1.807) is 13.2 Å². The van der Waals surface area contributed by atoms with Crippen LogP contribution in [0.15, 0.2) is 54.6 Å². The molecule has 1 atom stereocenters. The lowest BCUT2D eigenvalue weighted by atomic mass is 10.1. The summed E-state index contributed by atoms with van der Waals surface area (Å²) in [4.78, 5) is 17.2. The molecule has 0 fully saturated rings. The molecule has 0 saturated carbocycles. The van der Waals surface area contributed by atoms with E-state index >= 15 is 0 Å². The molecule has 4 rings (SSSR count). The minimum Gasteiger partial charge on any atom is -0.496 e. The lowest BCUT2D eigenvalue weighted by Crippen LogP contribution is -2.28. The van der Waals surface area contributed by atoms with Gasteiger partial charge < -0.3 is 10.1 Å². The van der Waals surface area contributed by atoms with Gasteiger partial charge in [0.1, 0.15) is 11.4 Å². The summed E-state index contributed by atoms with van der Waals surface area (Å²) >= 11 is 0. The standard InChI is InChI=1S/C20H18N2O2/c1-24-19-12-18(21-16-9-5-4-8-15(16)19)20(23)22-17-11-10-13-6-2-3-7-14(13)17/h2-9,12,17H,10-11H2,1H3,(H,22,23). The highest BCUT2D eigenvalue weighted by atomic mass is 16.5.